The molecular formula is C12H15ClN2O3S. The van der Waals surface area contributed by atoms with Crippen LogP contribution in [-0.2, 0) is 9.84 Å². The van der Waals surface area contributed by atoms with Gasteiger partial charge in [0.2, 0.25) is 0 Å². The molecule has 0 spiro atoms. The maximum absolute atomic E-state index is 12.4. The predicted octanol–water partition coefficient (Wildman–Crippen LogP) is 1.18. The highest BCUT2D eigenvalue weighted by Crippen LogP contribution is 2.22. The zero-order valence-corrected chi connectivity index (χ0v) is 12.0. The Kier molecular flexibility index (Phi) is 3.73. The van der Waals surface area contributed by atoms with E-state index in [0.717, 1.165) is 0 Å². The smallest absolute Gasteiger partial charge is 0.256 e. The summed E-state index contributed by atoms with van der Waals surface area (Å²) in [5.74, 6) is -0.301. The van der Waals surface area contributed by atoms with Crippen LogP contribution in [0.5, 0.6) is 0 Å². The van der Waals surface area contributed by atoms with E-state index in [9.17, 15) is 13.2 Å². The number of nitrogens with two attached hydrogens (primary N) is 1. The lowest BCUT2D eigenvalue weighted by molar-refractivity contribution is 0.0713. The third-order valence-electron chi connectivity index (χ3n) is 3.18. The maximum atomic E-state index is 12.4. The fraction of sp³-hybridized carbons (Fsp3) is 0.417. The summed E-state index contributed by atoms with van der Waals surface area (Å²) in [7, 11) is -3.05. The van der Waals surface area contributed by atoms with Gasteiger partial charge in [-0.1, -0.05) is 11.6 Å². The van der Waals surface area contributed by atoms with E-state index in [1.54, 1.807) is 19.1 Å². The third-order valence-corrected chi connectivity index (χ3v) is 5.21. The molecule has 1 fully saturated rings. The van der Waals surface area contributed by atoms with Crippen molar-refractivity contribution in [3.63, 3.8) is 0 Å². The highest BCUT2D eigenvalue weighted by Gasteiger charge is 2.32. The van der Waals surface area contributed by atoms with Gasteiger partial charge in [-0.2, -0.15) is 0 Å². The largest absolute Gasteiger partial charge is 0.398 e. The number of hydrogen-bond donors (Lipinski definition) is 1. The minimum absolute atomic E-state index is 0.0104. The Bertz CT molecular complexity index is 615. The minimum Gasteiger partial charge on any atom is -0.398 e. The summed E-state index contributed by atoms with van der Waals surface area (Å²) in [6, 6.07) is 4.33. The molecule has 0 bridgehead atoms. The molecule has 1 atom stereocenters. The van der Waals surface area contributed by atoms with Gasteiger partial charge in [0.25, 0.3) is 5.91 Å². The number of amides is 1. The van der Waals surface area contributed by atoms with Crippen molar-refractivity contribution in [3.8, 4) is 0 Å². The number of sulfone groups is 1. The zero-order valence-electron chi connectivity index (χ0n) is 10.5. The summed E-state index contributed by atoms with van der Waals surface area (Å²) >= 11 is 5.86. The second-order valence-electron chi connectivity index (χ2n) is 4.69. The molecule has 1 aromatic rings. The normalized spacial score (nSPS) is 22.2. The first-order valence-electron chi connectivity index (χ1n) is 5.86. The molecule has 0 saturated carbocycles. The average molecular weight is 303 g/mol. The van der Waals surface area contributed by atoms with Crippen molar-refractivity contribution >= 4 is 33.0 Å². The minimum atomic E-state index is -3.05. The molecule has 1 amide bonds. The van der Waals surface area contributed by atoms with Crippen molar-refractivity contribution in [3.05, 3.63) is 28.8 Å². The van der Waals surface area contributed by atoms with E-state index < -0.39 is 9.84 Å². The van der Waals surface area contributed by atoms with Crippen LogP contribution >= 0.6 is 11.6 Å². The molecule has 0 aliphatic carbocycles. The van der Waals surface area contributed by atoms with Gasteiger partial charge < -0.3 is 10.6 Å². The number of nitrogens with zero attached hydrogens (tertiary/aromatic N) is 1. The van der Waals surface area contributed by atoms with E-state index in [1.807, 2.05) is 0 Å². The van der Waals surface area contributed by atoms with Gasteiger partial charge >= 0.3 is 0 Å². The first-order valence-corrected chi connectivity index (χ1v) is 8.06. The van der Waals surface area contributed by atoms with E-state index in [4.69, 9.17) is 17.3 Å². The monoisotopic (exact) mass is 302 g/mol. The van der Waals surface area contributed by atoms with Gasteiger partial charge in [0.1, 0.15) is 0 Å². The second kappa shape index (κ2) is 5.02. The molecule has 104 valence electrons. The van der Waals surface area contributed by atoms with E-state index in [1.165, 1.54) is 11.0 Å². The number of halogens is 1. The highest BCUT2D eigenvalue weighted by atomic mass is 35.5. The molecule has 1 heterocycles. The molecular weight excluding hydrogens is 288 g/mol. The molecule has 0 radical (unpaired) electrons. The van der Waals surface area contributed by atoms with Gasteiger partial charge in [-0.25, -0.2) is 8.42 Å². The number of nitrogen functional groups attached to an aromatic ring is 1. The van der Waals surface area contributed by atoms with E-state index >= 15 is 0 Å². The average Bonchev–Trinajstić information content (AvgIpc) is 2.30. The number of benzene rings is 1. The lowest BCUT2D eigenvalue weighted by Gasteiger charge is -2.33. The van der Waals surface area contributed by atoms with Crippen LogP contribution in [0.2, 0.25) is 5.02 Å². The maximum Gasteiger partial charge on any atom is 0.256 e. The van der Waals surface area contributed by atoms with Crippen LogP contribution in [0, 0.1) is 0 Å². The van der Waals surface area contributed by atoms with Crippen LogP contribution in [-0.4, -0.2) is 43.3 Å². The lowest BCUT2D eigenvalue weighted by Crippen LogP contribution is -2.49. The summed E-state index contributed by atoms with van der Waals surface area (Å²) in [4.78, 5) is 13.9. The predicted molar refractivity (Wildman–Crippen MR) is 75.0 cm³/mol. The molecule has 1 unspecified atom stereocenters. The van der Waals surface area contributed by atoms with Crippen molar-refractivity contribution in [2.24, 2.45) is 0 Å². The van der Waals surface area contributed by atoms with Crippen molar-refractivity contribution in [1.29, 1.82) is 0 Å². The Hall–Kier alpha value is -1.27. The molecule has 7 heteroatoms. The first kappa shape index (κ1) is 14.1. The Morgan fingerprint density at radius 3 is 2.79 bits per heavy atom. The zero-order chi connectivity index (χ0) is 14.2. The van der Waals surface area contributed by atoms with Gasteiger partial charge in [0.05, 0.1) is 17.1 Å². The fourth-order valence-electron chi connectivity index (χ4n) is 2.17. The van der Waals surface area contributed by atoms with E-state index in [2.05, 4.69) is 0 Å². The molecule has 19 heavy (non-hydrogen) atoms. The van der Waals surface area contributed by atoms with Crippen LogP contribution < -0.4 is 5.73 Å². The van der Waals surface area contributed by atoms with Crippen molar-refractivity contribution < 1.29 is 13.2 Å². The van der Waals surface area contributed by atoms with Crippen LogP contribution in [0.1, 0.15) is 17.3 Å². The van der Waals surface area contributed by atoms with Gasteiger partial charge in [0.15, 0.2) is 9.84 Å². The van der Waals surface area contributed by atoms with Gasteiger partial charge in [-0.3, -0.25) is 4.79 Å². The molecule has 1 aliphatic heterocycles. The molecule has 0 aromatic heterocycles. The Labute approximate surface area is 117 Å². The Morgan fingerprint density at radius 2 is 2.16 bits per heavy atom. The number of anilines is 1. The quantitative estimate of drug-likeness (QED) is 0.790. The van der Waals surface area contributed by atoms with Crippen molar-refractivity contribution in [2.75, 3.05) is 23.8 Å². The molecule has 1 saturated heterocycles. The van der Waals surface area contributed by atoms with Crippen molar-refractivity contribution in [1.82, 2.24) is 4.90 Å². The highest BCUT2D eigenvalue weighted by molar-refractivity contribution is 7.91. The first-order chi connectivity index (χ1) is 8.80. The van der Waals surface area contributed by atoms with Crippen LogP contribution in [0.25, 0.3) is 0 Å². The summed E-state index contributed by atoms with van der Waals surface area (Å²) in [6.45, 7) is 1.91. The van der Waals surface area contributed by atoms with Gasteiger partial charge in [-0.15, -0.1) is 0 Å². The Balaban J connectivity index is 2.27. The lowest BCUT2D eigenvalue weighted by atomic mass is 10.1. The molecule has 1 aromatic carbocycles. The third kappa shape index (κ3) is 3.01. The standard InChI is InChI=1S/C12H15ClN2O3S/c1-8-7-19(17,18)5-4-15(8)12(16)10-6-9(13)2-3-11(10)14/h2-3,6,8H,4-5,7,14H2,1H3. The fourth-order valence-corrected chi connectivity index (χ4v) is 3.90. The van der Waals surface area contributed by atoms with E-state index in [-0.39, 0.29) is 30.0 Å². The molecule has 2 rings (SSSR count). The summed E-state index contributed by atoms with van der Waals surface area (Å²) in [5, 5.41) is 0.426. The van der Waals surface area contributed by atoms with Crippen LogP contribution in [0.3, 0.4) is 0 Å². The van der Waals surface area contributed by atoms with Gasteiger partial charge in [0, 0.05) is 23.3 Å². The topological polar surface area (TPSA) is 80.5 Å². The van der Waals surface area contributed by atoms with Crippen molar-refractivity contribution in [2.45, 2.75) is 13.0 Å². The van der Waals surface area contributed by atoms with Gasteiger partial charge in [-0.05, 0) is 25.1 Å². The molecule has 1 aliphatic rings. The SMILES string of the molecule is CC1CS(=O)(=O)CCN1C(=O)c1cc(Cl)ccc1N. The summed E-state index contributed by atoms with van der Waals surface area (Å²) < 4.78 is 23.0. The second-order valence-corrected chi connectivity index (χ2v) is 7.36. The number of rotatable bonds is 1. The Morgan fingerprint density at radius 1 is 1.47 bits per heavy atom. The number of carbonyl (C=O) groups is 1. The van der Waals surface area contributed by atoms with E-state index in [0.29, 0.717) is 16.3 Å². The number of carbonyl (C=O) groups excluding carboxylic acids is 1. The van der Waals surface area contributed by atoms with Crippen LogP contribution in [0.15, 0.2) is 18.2 Å². The molecule has 5 nitrogen and oxygen atoms in total. The molecule has 2 N–H and O–H groups in total. The summed E-state index contributed by atoms with van der Waals surface area (Å²) in [5.41, 5.74) is 6.43. The number of hydrogen-bond acceptors (Lipinski definition) is 4. The van der Waals surface area contributed by atoms with Crippen LogP contribution in [0.4, 0.5) is 5.69 Å². The summed E-state index contributed by atoms with van der Waals surface area (Å²) in [6.07, 6.45) is 0.